The van der Waals surface area contributed by atoms with Gasteiger partial charge in [0.1, 0.15) is 0 Å². The number of nitrogens with zero attached hydrogens (tertiary/aromatic N) is 3. The third-order valence-electron chi connectivity index (χ3n) is 6.64. The highest BCUT2D eigenvalue weighted by Crippen LogP contribution is 2.62. The Morgan fingerprint density at radius 3 is 2.56 bits per heavy atom. The van der Waals surface area contributed by atoms with Crippen molar-refractivity contribution in [2.24, 2.45) is 16.1 Å². The van der Waals surface area contributed by atoms with Crippen LogP contribution in [0.5, 0.6) is 0 Å². The van der Waals surface area contributed by atoms with Crippen LogP contribution in [0.3, 0.4) is 0 Å². The van der Waals surface area contributed by atoms with Crippen molar-refractivity contribution in [3.8, 4) is 0 Å². The number of halogens is 1. The molecule has 2 N–H and O–H groups in total. The van der Waals surface area contributed by atoms with E-state index >= 15 is 0 Å². The second-order valence-electron chi connectivity index (χ2n) is 8.00. The molecule has 1 unspecified atom stereocenters. The first-order valence-electron chi connectivity index (χ1n) is 8.89. The Kier molecular flexibility index (Phi) is 3.78. The van der Waals surface area contributed by atoms with E-state index < -0.39 is 5.54 Å². The second-order valence-corrected chi connectivity index (χ2v) is 8.91. The van der Waals surface area contributed by atoms with E-state index in [2.05, 4.69) is 53.1 Å². The first-order valence-corrected chi connectivity index (χ1v) is 9.69. The molecule has 134 valence electrons. The van der Waals surface area contributed by atoms with E-state index in [1.165, 1.54) is 10.5 Å². The van der Waals surface area contributed by atoms with Gasteiger partial charge in [-0.25, -0.2) is 4.99 Å². The Hall–Kier alpha value is -1.40. The van der Waals surface area contributed by atoms with Crippen LogP contribution in [0.25, 0.3) is 0 Å². The van der Waals surface area contributed by atoms with Crippen molar-refractivity contribution in [3.05, 3.63) is 33.8 Å². The Balaban J connectivity index is 1.85. The standard InChI is InChI=1S/C19H25BrN4O/c1-23(2)14-6-8-18(9-7-14)11-12-4-5-13(20)10-15(12)19(18)16(25)24(3)17(21)22-19/h4-5,10,14H,6-9,11H2,1-3H3,(H2,21,22)/t14-,18-,19?. The number of hydrogen-bond acceptors (Lipinski definition) is 4. The lowest BCUT2D eigenvalue weighted by atomic mass is 9.61. The molecule has 1 heterocycles. The fourth-order valence-electron chi connectivity index (χ4n) is 5.19. The zero-order valence-electron chi connectivity index (χ0n) is 15.1. The third-order valence-corrected chi connectivity index (χ3v) is 7.13. The van der Waals surface area contributed by atoms with Gasteiger partial charge in [0.25, 0.3) is 5.91 Å². The summed E-state index contributed by atoms with van der Waals surface area (Å²) in [5.41, 5.74) is 7.40. The van der Waals surface area contributed by atoms with Gasteiger partial charge >= 0.3 is 0 Å². The average molecular weight is 405 g/mol. The lowest BCUT2D eigenvalue weighted by molar-refractivity contribution is -0.136. The zero-order valence-corrected chi connectivity index (χ0v) is 16.6. The van der Waals surface area contributed by atoms with Gasteiger partial charge in [0, 0.05) is 23.0 Å². The van der Waals surface area contributed by atoms with Crippen LogP contribution in [-0.4, -0.2) is 48.9 Å². The van der Waals surface area contributed by atoms with Crippen LogP contribution >= 0.6 is 15.9 Å². The SMILES string of the molecule is CN1C(=O)C2(N=C1N)c1cc(Br)ccc1C[C@]21CC[C@@H](N(C)C)CC1. The molecule has 0 radical (unpaired) electrons. The molecular formula is C19H25BrN4O. The van der Waals surface area contributed by atoms with Crippen molar-refractivity contribution < 1.29 is 4.79 Å². The van der Waals surface area contributed by atoms with Crippen LogP contribution in [0.4, 0.5) is 0 Å². The Morgan fingerprint density at radius 2 is 2.00 bits per heavy atom. The molecule has 1 fully saturated rings. The fourth-order valence-corrected chi connectivity index (χ4v) is 5.55. The molecule has 4 rings (SSSR count). The molecule has 1 saturated carbocycles. The number of likely N-dealkylation sites (N-methyl/N-ethyl adjacent to an activating group) is 1. The Morgan fingerprint density at radius 1 is 1.32 bits per heavy atom. The molecule has 25 heavy (non-hydrogen) atoms. The number of benzene rings is 1. The summed E-state index contributed by atoms with van der Waals surface area (Å²) in [6.45, 7) is 0. The predicted molar refractivity (Wildman–Crippen MR) is 102 cm³/mol. The predicted octanol–water partition coefficient (Wildman–Crippen LogP) is 2.48. The summed E-state index contributed by atoms with van der Waals surface area (Å²) in [7, 11) is 6.03. The first kappa shape index (κ1) is 17.0. The number of carbonyl (C=O) groups is 1. The maximum atomic E-state index is 13.4. The van der Waals surface area contributed by atoms with Crippen LogP contribution in [-0.2, 0) is 16.8 Å². The summed E-state index contributed by atoms with van der Waals surface area (Å²) in [4.78, 5) is 22.1. The maximum Gasteiger partial charge on any atom is 0.262 e. The van der Waals surface area contributed by atoms with Crippen molar-refractivity contribution in [1.29, 1.82) is 0 Å². The smallest absolute Gasteiger partial charge is 0.262 e. The van der Waals surface area contributed by atoms with Crippen molar-refractivity contribution in [3.63, 3.8) is 0 Å². The van der Waals surface area contributed by atoms with E-state index in [1.807, 2.05) is 0 Å². The van der Waals surface area contributed by atoms with E-state index in [0.717, 1.165) is 42.1 Å². The summed E-state index contributed by atoms with van der Waals surface area (Å²) in [6.07, 6.45) is 5.09. The molecule has 1 aliphatic heterocycles. The molecule has 5 nitrogen and oxygen atoms in total. The van der Waals surface area contributed by atoms with Crippen LogP contribution in [0, 0.1) is 5.41 Å². The number of carbonyl (C=O) groups excluding carboxylic acids is 1. The van der Waals surface area contributed by atoms with Gasteiger partial charge in [0.05, 0.1) is 0 Å². The van der Waals surface area contributed by atoms with E-state index in [0.29, 0.717) is 12.0 Å². The highest BCUT2D eigenvalue weighted by Gasteiger charge is 2.66. The van der Waals surface area contributed by atoms with Crippen LogP contribution in [0.15, 0.2) is 27.7 Å². The molecule has 0 bridgehead atoms. The van der Waals surface area contributed by atoms with Crippen molar-refractivity contribution >= 4 is 27.8 Å². The Bertz CT molecular complexity index is 767. The van der Waals surface area contributed by atoms with Crippen LogP contribution < -0.4 is 5.73 Å². The largest absolute Gasteiger partial charge is 0.369 e. The number of aliphatic imine (C=N–C) groups is 1. The minimum absolute atomic E-state index is 0.0325. The topological polar surface area (TPSA) is 61.9 Å². The molecule has 0 aromatic heterocycles. The van der Waals surface area contributed by atoms with Gasteiger partial charge in [-0.05, 0) is 69.5 Å². The molecule has 1 atom stereocenters. The quantitative estimate of drug-likeness (QED) is 0.781. The van der Waals surface area contributed by atoms with Crippen molar-refractivity contribution in [2.75, 3.05) is 21.1 Å². The second kappa shape index (κ2) is 5.55. The van der Waals surface area contributed by atoms with Gasteiger partial charge in [0.2, 0.25) is 0 Å². The monoisotopic (exact) mass is 404 g/mol. The zero-order chi connectivity index (χ0) is 18.0. The Labute approximate surface area is 157 Å². The average Bonchev–Trinajstić information content (AvgIpc) is 2.97. The fraction of sp³-hybridized carbons (Fsp3) is 0.579. The lowest BCUT2D eigenvalue weighted by Crippen LogP contribution is -2.52. The molecule has 1 amide bonds. The highest BCUT2D eigenvalue weighted by molar-refractivity contribution is 9.10. The van der Waals surface area contributed by atoms with Gasteiger partial charge in [-0.1, -0.05) is 22.0 Å². The summed E-state index contributed by atoms with van der Waals surface area (Å²) < 4.78 is 0.987. The molecule has 1 aromatic carbocycles. The van der Waals surface area contributed by atoms with E-state index in [4.69, 9.17) is 10.7 Å². The van der Waals surface area contributed by atoms with Crippen molar-refractivity contribution in [2.45, 2.75) is 43.7 Å². The summed E-state index contributed by atoms with van der Waals surface area (Å²) in [5.74, 6) is 0.372. The summed E-state index contributed by atoms with van der Waals surface area (Å²) >= 11 is 3.58. The number of amides is 1. The molecule has 1 aromatic rings. The number of rotatable bonds is 1. The summed E-state index contributed by atoms with van der Waals surface area (Å²) in [5, 5.41) is 0. The minimum atomic E-state index is -0.845. The van der Waals surface area contributed by atoms with Gasteiger partial charge in [-0.3, -0.25) is 9.69 Å². The molecule has 3 aliphatic rings. The number of nitrogens with two attached hydrogens (primary N) is 1. The highest BCUT2D eigenvalue weighted by atomic mass is 79.9. The van der Waals surface area contributed by atoms with Crippen LogP contribution in [0.1, 0.15) is 36.8 Å². The molecule has 2 spiro atoms. The molecule has 6 heteroatoms. The van der Waals surface area contributed by atoms with Gasteiger partial charge in [-0.15, -0.1) is 0 Å². The molecular weight excluding hydrogens is 380 g/mol. The maximum absolute atomic E-state index is 13.4. The van der Waals surface area contributed by atoms with E-state index in [-0.39, 0.29) is 11.3 Å². The first-order chi connectivity index (χ1) is 11.8. The third kappa shape index (κ3) is 2.16. The lowest BCUT2D eigenvalue weighted by Gasteiger charge is -2.46. The number of hydrogen-bond donors (Lipinski definition) is 1. The number of fused-ring (bicyclic) bond motifs is 3. The van der Waals surface area contributed by atoms with Gasteiger partial charge in [-0.2, -0.15) is 0 Å². The van der Waals surface area contributed by atoms with E-state index in [1.54, 1.807) is 7.05 Å². The van der Waals surface area contributed by atoms with Crippen LogP contribution in [0.2, 0.25) is 0 Å². The molecule has 0 saturated heterocycles. The van der Waals surface area contributed by atoms with Gasteiger partial charge in [0.15, 0.2) is 11.5 Å². The van der Waals surface area contributed by atoms with E-state index in [9.17, 15) is 4.79 Å². The van der Waals surface area contributed by atoms with Crippen molar-refractivity contribution in [1.82, 2.24) is 9.80 Å². The number of guanidine groups is 1. The van der Waals surface area contributed by atoms with Gasteiger partial charge < -0.3 is 10.6 Å². The normalized spacial score (nSPS) is 34.3. The molecule has 2 aliphatic carbocycles. The minimum Gasteiger partial charge on any atom is -0.369 e. The summed E-state index contributed by atoms with van der Waals surface area (Å²) in [6, 6.07) is 6.86.